The van der Waals surface area contributed by atoms with Crippen LogP contribution in [-0.4, -0.2) is 6.36 Å². The lowest BCUT2D eigenvalue weighted by atomic mass is 10.0. The van der Waals surface area contributed by atoms with E-state index in [1.54, 1.807) is 12.1 Å². The van der Waals surface area contributed by atoms with Crippen molar-refractivity contribution in [1.29, 1.82) is 0 Å². The second-order valence-corrected chi connectivity index (χ2v) is 4.19. The molecular formula is C13H9ClF3NO. The summed E-state index contributed by atoms with van der Waals surface area (Å²) in [5.41, 5.74) is 6.73. The molecule has 100 valence electrons. The predicted molar refractivity (Wildman–Crippen MR) is 68.0 cm³/mol. The van der Waals surface area contributed by atoms with Crippen molar-refractivity contribution in [2.24, 2.45) is 0 Å². The molecule has 0 fully saturated rings. The molecule has 0 aliphatic carbocycles. The Morgan fingerprint density at radius 2 is 1.74 bits per heavy atom. The molecule has 0 heterocycles. The molecular weight excluding hydrogens is 279 g/mol. The minimum absolute atomic E-state index is 0.281. The molecule has 0 aromatic heterocycles. The first kappa shape index (κ1) is 13.5. The average molecular weight is 288 g/mol. The second-order valence-electron chi connectivity index (χ2n) is 3.78. The van der Waals surface area contributed by atoms with Gasteiger partial charge in [-0.15, -0.1) is 13.2 Å². The van der Waals surface area contributed by atoms with E-state index >= 15 is 0 Å². The Bertz CT molecular complexity index is 599. The molecule has 0 bridgehead atoms. The van der Waals surface area contributed by atoms with Crippen molar-refractivity contribution in [2.75, 3.05) is 5.73 Å². The smallest absolute Gasteiger partial charge is 0.405 e. The maximum atomic E-state index is 12.3. The SMILES string of the molecule is Nc1cc(-c2ccccc2OC(F)(F)F)ccc1Cl. The minimum atomic E-state index is -4.74. The number of alkyl halides is 3. The Hall–Kier alpha value is -1.88. The van der Waals surface area contributed by atoms with Gasteiger partial charge in [0.25, 0.3) is 0 Å². The summed E-state index contributed by atoms with van der Waals surface area (Å²) >= 11 is 5.78. The first-order valence-corrected chi connectivity index (χ1v) is 5.65. The van der Waals surface area contributed by atoms with Crippen LogP contribution < -0.4 is 10.5 Å². The summed E-state index contributed by atoms with van der Waals surface area (Å²) in [6, 6.07) is 10.4. The molecule has 0 aliphatic heterocycles. The van der Waals surface area contributed by atoms with Crippen molar-refractivity contribution in [3.05, 3.63) is 47.5 Å². The van der Waals surface area contributed by atoms with E-state index in [4.69, 9.17) is 17.3 Å². The number of ether oxygens (including phenoxy) is 1. The van der Waals surface area contributed by atoms with E-state index in [0.29, 0.717) is 21.8 Å². The maximum Gasteiger partial charge on any atom is 0.573 e. The molecule has 2 nitrogen and oxygen atoms in total. The third-order valence-corrected chi connectivity index (χ3v) is 2.76. The molecule has 2 rings (SSSR count). The zero-order valence-corrected chi connectivity index (χ0v) is 10.3. The molecule has 2 N–H and O–H groups in total. The Labute approximate surface area is 112 Å². The molecule has 0 unspecified atom stereocenters. The number of anilines is 1. The topological polar surface area (TPSA) is 35.2 Å². The summed E-state index contributed by atoms with van der Waals surface area (Å²) in [4.78, 5) is 0. The van der Waals surface area contributed by atoms with Crippen molar-refractivity contribution >= 4 is 17.3 Å². The molecule has 0 spiro atoms. The molecule has 2 aromatic rings. The number of para-hydroxylation sites is 1. The van der Waals surface area contributed by atoms with Gasteiger partial charge in [0, 0.05) is 5.56 Å². The van der Waals surface area contributed by atoms with Crippen LogP contribution in [-0.2, 0) is 0 Å². The molecule has 0 saturated carbocycles. The fraction of sp³-hybridized carbons (Fsp3) is 0.0769. The zero-order valence-electron chi connectivity index (χ0n) is 9.54. The molecule has 19 heavy (non-hydrogen) atoms. The molecule has 0 saturated heterocycles. The Morgan fingerprint density at radius 1 is 1.05 bits per heavy atom. The van der Waals surface area contributed by atoms with Crippen LogP contribution in [0.5, 0.6) is 5.75 Å². The Balaban J connectivity index is 2.47. The van der Waals surface area contributed by atoms with Gasteiger partial charge in [-0.3, -0.25) is 0 Å². The van der Waals surface area contributed by atoms with Gasteiger partial charge in [-0.2, -0.15) is 0 Å². The van der Waals surface area contributed by atoms with E-state index in [1.165, 1.54) is 30.3 Å². The van der Waals surface area contributed by atoms with E-state index in [2.05, 4.69) is 4.74 Å². The highest BCUT2D eigenvalue weighted by molar-refractivity contribution is 6.33. The predicted octanol–water partition coefficient (Wildman–Crippen LogP) is 4.49. The van der Waals surface area contributed by atoms with E-state index in [0.717, 1.165) is 0 Å². The van der Waals surface area contributed by atoms with Crippen molar-refractivity contribution in [3.63, 3.8) is 0 Å². The highest BCUT2D eigenvalue weighted by Gasteiger charge is 2.32. The van der Waals surface area contributed by atoms with Crippen molar-refractivity contribution in [1.82, 2.24) is 0 Å². The molecule has 0 aliphatic rings. The van der Waals surface area contributed by atoms with Crippen LogP contribution in [0.15, 0.2) is 42.5 Å². The molecule has 0 radical (unpaired) electrons. The van der Waals surface area contributed by atoms with Gasteiger partial charge in [0.15, 0.2) is 0 Å². The van der Waals surface area contributed by atoms with Gasteiger partial charge >= 0.3 is 6.36 Å². The maximum absolute atomic E-state index is 12.3. The van der Waals surface area contributed by atoms with Gasteiger partial charge in [-0.25, -0.2) is 0 Å². The molecule has 2 aromatic carbocycles. The summed E-state index contributed by atoms with van der Waals surface area (Å²) in [6.07, 6.45) is -4.74. The summed E-state index contributed by atoms with van der Waals surface area (Å²) < 4.78 is 40.9. The van der Waals surface area contributed by atoms with Crippen LogP contribution >= 0.6 is 11.6 Å². The third-order valence-electron chi connectivity index (χ3n) is 2.42. The van der Waals surface area contributed by atoms with Crippen LogP contribution in [0.25, 0.3) is 11.1 Å². The van der Waals surface area contributed by atoms with Crippen LogP contribution in [0.4, 0.5) is 18.9 Å². The van der Waals surface area contributed by atoms with Gasteiger partial charge in [0.2, 0.25) is 0 Å². The Morgan fingerprint density at radius 3 is 2.37 bits per heavy atom. The van der Waals surface area contributed by atoms with Crippen LogP contribution in [0.1, 0.15) is 0 Å². The quantitative estimate of drug-likeness (QED) is 0.826. The van der Waals surface area contributed by atoms with Crippen LogP contribution in [0, 0.1) is 0 Å². The highest BCUT2D eigenvalue weighted by Crippen LogP contribution is 2.35. The van der Waals surface area contributed by atoms with Gasteiger partial charge in [0.05, 0.1) is 10.7 Å². The first-order valence-electron chi connectivity index (χ1n) is 5.27. The number of nitrogen functional groups attached to an aromatic ring is 1. The largest absolute Gasteiger partial charge is 0.573 e. The number of hydrogen-bond donors (Lipinski definition) is 1. The van der Waals surface area contributed by atoms with Crippen LogP contribution in [0.2, 0.25) is 5.02 Å². The zero-order chi connectivity index (χ0) is 14.0. The number of halogens is 4. The van der Waals surface area contributed by atoms with E-state index in [1.807, 2.05) is 0 Å². The molecule has 0 atom stereocenters. The standard InChI is InChI=1S/C13H9ClF3NO/c14-10-6-5-8(7-11(10)18)9-3-1-2-4-12(9)19-13(15,16)17/h1-7H,18H2. The minimum Gasteiger partial charge on any atom is -0.405 e. The van der Waals surface area contributed by atoms with E-state index < -0.39 is 6.36 Å². The fourth-order valence-corrected chi connectivity index (χ4v) is 1.75. The highest BCUT2D eigenvalue weighted by atomic mass is 35.5. The lowest BCUT2D eigenvalue weighted by Gasteiger charge is -2.13. The summed E-state index contributed by atoms with van der Waals surface area (Å²) in [7, 11) is 0. The van der Waals surface area contributed by atoms with Gasteiger partial charge in [-0.1, -0.05) is 35.9 Å². The lowest BCUT2D eigenvalue weighted by Crippen LogP contribution is -2.17. The van der Waals surface area contributed by atoms with Crippen molar-refractivity contribution < 1.29 is 17.9 Å². The first-order chi connectivity index (χ1) is 8.87. The van der Waals surface area contributed by atoms with Gasteiger partial charge in [-0.05, 0) is 23.8 Å². The monoisotopic (exact) mass is 287 g/mol. The lowest BCUT2D eigenvalue weighted by molar-refractivity contribution is -0.274. The summed E-state index contributed by atoms with van der Waals surface area (Å²) in [5.74, 6) is -0.281. The van der Waals surface area contributed by atoms with E-state index in [-0.39, 0.29) is 5.75 Å². The number of hydrogen-bond acceptors (Lipinski definition) is 2. The van der Waals surface area contributed by atoms with E-state index in [9.17, 15) is 13.2 Å². The Kier molecular flexibility index (Phi) is 3.57. The molecule has 0 amide bonds. The van der Waals surface area contributed by atoms with Gasteiger partial charge < -0.3 is 10.5 Å². The third kappa shape index (κ3) is 3.32. The average Bonchev–Trinajstić information content (AvgIpc) is 2.31. The number of rotatable bonds is 2. The number of benzene rings is 2. The van der Waals surface area contributed by atoms with Crippen molar-refractivity contribution in [2.45, 2.75) is 6.36 Å². The normalized spacial score (nSPS) is 11.4. The number of nitrogens with two attached hydrogens (primary N) is 1. The van der Waals surface area contributed by atoms with Crippen molar-refractivity contribution in [3.8, 4) is 16.9 Å². The summed E-state index contributed by atoms with van der Waals surface area (Å²) in [5, 5.41) is 0.345. The van der Waals surface area contributed by atoms with Gasteiger partial charge in [0.1, 0.15) is 5.75 Å². The summed E-state index contributed by atoms with van der Waals surface area (Å²) in [6.45, 7) is 0. The fourth-order valence-electron chi connectivity index (χ4n) is 1.63. The second kappa shape index (κ2) is 5.01. The van der Waals surface area contributed by atoms with Crippen LogP contribution in [0.3, 0.4) is 0 Å². The molecule has 6 heteroatoms.